The molecule has 0 radical (unpaired) electrons. The molecule has 0 aliphatic carbocycles. The fourth-order valence-electron chi connectivity index (χ4n) is 1.74. The Morgan fingerprint density at radius 1 is 1.38 bits per heavy atom. The Balaban J connectivity index is 2.52. The van der Waals surface area contributed by atoms with Crippen molar-refractivity contribution in [1.82, 2.24) is 5.32 Å². The van der Waals surface area contributed by atoms with Crippen LogP contribution in [0.4, 0.5) is 0 Å². The summed E-state index contributed by atoms with van der Waals surface area (Å²) in [4.78, 5) is 22.8. The van der Waals surface area contributed by atoms with E-state index in [0.717, 1.165) is 11.1 Å². The first-order valence-corrected chi connectivity index (χ1v) is 8.04. The molecule has 21 heavy (non-hydrogen) atoms. The van der Waals surface area contributed by atoms with E-state index in [1.165, 1.54) is 0 Å². The lowest BCUT2D eigenvalue weighted by Gasteiger charge is -2.15. The largest absolute Gasteiger partial charge is 0.483 e. The number of hydrogen-bond donors (Lipinski definition) is 2. The van der Waals surface area contributed by atoms with Crippen molar-refractivity contribution in [2.75, 3.05) is 18.6 Å². The van der Waals surface area contributed by atoms with E-state index in [1.807, 2.05) is 38.3 Å². The smallest absolute Gasteiger partial charge is 0.326 e. The number of thioether (sulfide) groups is 1. The van der Waals surface area contributed by atoms with Gasteiger partial charge in [0.15, 0.2) is 6.61 Å². The predicted octanol–water partition coefficient (Wildman–Crippen LogP) is 2.00. The fourth-order valence-corrected chi connectivity index (χ4v) is 2.21. The molecule has 0 bridgehead atoms. The van der Waals surface area contributed by atoms with E-state index in [2.05, 4.69) is 5.32 Å². The number of rotatable bonds is 8. The van der Waals surface area contributed by atoms with E-state index in [-0.39, 0.29) is 6.61 Å². The zero-order valence-corrected chi connectivity index (χ0v) is 13.3. The highest BCUT2D eigenvalue weighted by molar-refractivity contribution is 7.98. The molecule has 1 aromatic rings. The lowest BCUT2D eigenvalue weighted by atomic mass is 10.1. The van der Waals surface area contributed by atoms with Crippen molar-refractivity contribution in [2.45, 2.75) is 26.3 Å². The molecule has 1 amide bonds. The number of benzene rings is 1. The predicted molar refractivity (Wildman–Crippen MR) is 84.0 cm³/mol. The molecule has 1 rings (SSSR count). The van der Waals surface area contributed by atoms with Gasteiger partial charge in [0.2, 0.25) is 0 Å². The summed E-state index contributed by atoms with van der Waals surface area (Å²) < 4.78 is 5.45. The van der Waals surface area contributed by atoms with Gasteiger partial charge in [0.05, 0.1) is 0 Å². The first kappa shape index (κ1) is 17.4. The number of carboxylic acid groups (broad SMARTS) is 1. The number of amides is 1. The van der Waals surface area contributed by atoms with Crippen molar-refractivity contribution >= 4 is 23.6 Å². The van der Waals surface area contributed by atoms with E-state index >= 15 is 0 Å². The van der Waals surface area contributed by atoms with Gasteiger partial charge in [-0.05, 0) is 49.5 Å². The van der Waals surface area contributed by atoms with Crippen LogP contribution in [-0.2, 0) is 9.59 Å². The van der Waals surface area contributed by atoms with Crippen LogP contribution in [0.25, 0.3) is 0 Å². The second-order valence-corrected chi connectivity index (χ2v) is 5.78. The van der Waals surface area contributed by atoms with E-state index in [1.54, 1.807) is 11.8 Å². The molecule has 1 aromatic carbocycles. The molecule has 1 atom stereocenters. The third-order valence-electron chi connectivity index (χ3n) is 2.95. The van der Waals surface area contributed by atoms with Crippen LogP contribution >= 0.6 is 11.8 Å². The minimum absolute atomic E-state index is 0.187. The van der Waals surface area contributed by atoms with Gasteiger partial charge in [0.1, 0.15) is 11.8 Å². The maximum atomic E-state index is 11.8. The SMILES string of the molecule is CSCCC(NC(=O)COc1cc(C)ccc1C)C(=O)O. The number of ether oxygens (including phenoxy) is 1. The Hall–Kier alpha value is -1.69. The highest BCUT2D eigenvalue weighted by atomic mass is 32.2. The molecular formula is C15H21NO4S. The molecule has 0 aromatic heterocycles. The number of aliphatic carboxylic acids is 1. The number of carboxylic acids is 1. The van der Waals surface area contributed by atoms with Crippen LogP contribution in [0.5, 0.6) is 5.75 Å². The second-order valence-electron chi connectivity index (χ2n) is 4.80. The third kappa shape index (κ3) is 6.08. The normalized spacial score (nSPS) is 11.8. The molecule has 2 N–H and O–H groups in total. The molecule has 0 aliphatic rings. The molecule has 1 unspecified atom stereocenters. The first-order chi connectivity index (χ1) is 9.93. The topological polar surface area (TPSA) is 75.6 Å². The van der Waals surface area contributed by atoms with Gasteiger partial charge in [0, 0.05) is 0 Å². The molecule has 0 spiro atoms. The average Bonchev–Trinajstić information content (AvgIpc) is 2.44. The monoisotopic (exact) mass is 311 g/mol. The molecule has 5 nitrogen and oxygen atoms in total. The third-order valence-corrected chi connectivity index (χ3v) is 3.59. The number of hydrogen-bond acceptors (Lipinski definition) is 4. The minimum atomic E-state index is -1.02. The zero-order valence-electron chi connectivity index (χ0n) is 12.5. The molecular weight excluding hydrogens is 290 g/mol. The number of carbonyl (C=O) groups is 2. The first-order valence-electron chi connectivity index (χ1n) is 6.65. The molecule has 0 aliphatic heterocycles. The van der Waals surface area contributed by atoms with Crippen molar-refractivity contribution in [1.29, 1.82) is 0 Å². The van der Waals surface area contributed by atoms with Crippen LogP contribution in [-0.4, -0.2) is 41.6 Å². The lowest BCUT2D eigenvalue weighted by molar-refractivity contribution is -0.142. The molecule has 0 fully saturated rings. The van der Waals surface area contributed by atoms with Gasteiger partial charge in [-0.1, -0.05) is 12.1 Å². The second kappa shape index (κ2) is 8.56. The Morgan fingerprint density at radius 2 is 2.10 bits per heavy atom. The number of aryl methyl sites for hydroxylation is 2. The van der Waals surface area contributed by atoms with Crippen LogP contribution in [0.1, 0.15) is 17.5 Å². The van der Waals surface area contributed by atoms with Crippen molar-refractivity contribution in [3.63, 3.8) is 0 Å². The molecule has 0 saturated heterocycles. The van der Waals surface area contributed by atoms with Crippen LogP contribution in [0.15, 0.2) is 18.2 Å². The average molecular weight is 311 g/mol. The van der Waals surface area contributed by atoms with E-state index in [4.69, 9.17) is 9.84 Å². The zero-order chi connectivity index (χ0) is 15.8. The van der Waals surface area contributed by atoms with Gasteiger partial charge in [0.25, 0.3) is 5.91 Å². The summed E-state index contributed by atoms with van der Waals surface area (Å²) in [6.07, 6.45) is 2.29. The Labute approximate surface area is 129 Å². The van der Waals surface area contributed by atoms with Gasteiger partial charge >= 0.3 is 5.97 Å². The fraction of sp³-hybridized carbons (Fsp3) is 0.467. The highest BCUT2D eigenvalue weighted by Crippen LogP contribution is 2.18. The van der Waals surface area contributed by atoms with E-state index in [9.17, 15) is 9.59 Å². The summed E-state index contributed by atoms with van der Waals surface area (Å²) in [6.45, 7) is 3.65. The van der Waals surface area contributed by atoms with Crippen molar-refractivity contribution in [3.8, 4) is 5.75 Å². The molecule has 6 heteroatoms. The summed E-state index contributed by atoms with van der Waals surface area (Å²) in [5, 5.41) is 11.5. The van der Waals surface area contributed by atoms with Crippen LogP contribution < -0.4 is 10.1 Å². The lowest BCUT2D eigenvalue weighted by Crippen LogP contribution is -2.43. The quantitative estimate of drug-likeness (QED) is 0.768. The van der Waals surface area contributed by atoms with Gasteiger partial charge in [-0.25, -0.2) is 4.79 Å². The summed E-state index contributed by atoms with van der Waals surface area (Å²) in [5.41, 5.74) is 1.98. The van der Waals surface area contributed by atoms with E-state index in [0.29, 0.717) is 17.9 Å². The summed E-state index contributed by atoms with van der Waals surface area (Å²) in [5.74, 6) is -0.135. The summed E-state index contributed by atoms with van der Waals surface area (Å²) in [6, 6.07) is 4.87. The minimum Gasteiger partial charge on any atom is -0.483 e. The van der Waals surface area contributed by atoms with Crippen LogP contribution in [0.2, 0.25) is 0 Å². The Bertz CT molecular complexity index is 504. The molecule has 0 heterocycles. The standard InChI is InChI=1S/C15H21NO4S/c1-10-4-5-11(2)13(8-10)20-9-14(17)16-12(15(18)19)6-7-21-3/h4-5,8,12H,6-7,9H2,1-3H3,(H,16,17)(H,18,19). The summed E-state index contributed by atoms with van der Waals surface area (Å²) >= 11 is 1.54. The van der Waals surface area contributed by atoms with Gasteiger partial charge in [-0.2, -0.15) is 11.8 Å². The van der Waals surface area contributed by atoms with Crippen molar-refractivity contribution < 1.29 is 19.4 Å². The van der Waals surface area contributed by atoms with Gasteiger partial charge in [-0.3, -0.25) is 4.79 Å². The Kier molecular flexibility index (Phi) is 7.08. The van der Waals surface area contributed by atoms with E-state index < -0.39 is 17.9 Å². The Morgan fingerprint density at radius 3 is 2.71 bits per heavy atom. The number of nitrogens with one attached hydrogen (secondary N) is 1. The number of carbonyl (C=O) groups excluding carboxylic acids is 1. The summed E-state index contributed by atoms with van der Waals surface area (Å²) in [7, 11) is 0. The maximum Gasteiger partial charge on any atom is 0.326 e. The molecule has 116 valence electrons. The highest BCUT2D eigenvalue weighted by Gasteiger charge is 2.19. The van der Waals surface area contributed by atoms with Crippen molar-refractivity contribution in [2.24, 2.45) is 0 Å². The van der Waals surface area contributed by atoms with Gasteiger partial charge < -0.3 is 15.2 Å². The maximum absolute atomic E-state index is 11.8. The van der Waals surface area contributed by atoms with Crippen LogP contribution in [0, 0.1) is 13.8 Å². The van der Waals surface area contributed by atoms with Crippen molar-refractivity contribution in [3.05, 3.63) is 29.3 Å². The molecule has 0 saturated carbocycles. The van der Waals surface area contributed by atoms with Crippen LogP contribution in [0.3, 0.4) is 0 Å². The van der Waals surface area contributed by atoms with Gasteiger partial charge in [-0.15, -0.1) is 0 Å².